The third kappa shape index (κ3) is 3.58. The fraction of sp³-hybridized carbons (Fsp3) is 0.250. The van der Waals surface area contributed by atoms with Gasteiger partial charge in [0.1, 0.15) is 5.75 Å². The highest BCUT2D eigenvalue weighted by Crippen LogP contribution is 2.29. The lowest BCUT2D eigenvalue weighted by Crippen LogP contribution is -2.36. The predicted octanol–water partition coefficient (Wildman–Crippen LogP) is 3.60. The van der Waals surface area contributed by atoms with Crippen LogP contribution in [-0.2, 0) is 4.74 Å². The number of nitrogens with zero attached hydrogens (tertiary/aromatic N) is 2. The van der Waals surface area contributed by atoms with Crippen LogP contribution in [0.25, 0.3) is 11.6 Å². The Bertz CT molecular complexity index is 757. The van der Waals surface area contributed by atoms with Crippen molar-refractivity contribution in [1.82, 2.24) is 0 Å². The molecule has 2 aromatic carbocycles. The van der Waals surface area contributed by atoms with Crippen molar-refractivity contribution < 1.29 is 9.47 Å². The Kier molecular flexibility index (Phi) is 5.15. The fourth-order valence-electron chi connectivity index (χ4n) is 2.79. The maximum atomic E-state index is 9.48. The number of hydrogen-bond acceptors (Lipinski definition) is 4. The molecule has 2 aromatic rings. The van der Waals surface area contributed by atoms with E-state index in [2.05, 4.69) is 17.0 Å². The lowest BCUT2D eigenvalue weighted by molar-refractivity contribution is 0.122. The zero-order chi connectivity index (χ0) is 16.8. The molecule has 1 aliphatic rings. The molecule has 0 spiro atoms. The molecule has 1 fully saturated rings. The van der Waals surface area contributed by atoms with Crippen LogP contribution in [0.5, 0.6) is 5.75 Å². The number of ether oxygens (including phenoxy) is 2. The van der Waals surface area contributed by atoms with Crippen molar-refractivity contribution in [3.05, 3.63) is 59.7 Å². The van der Waals surface area contributed by atoms with Gasteiger partial charge >= 0.3 is 0 Å². The summed E-state index contributed by atoms with van der Waals surface area (Å²) in [4.78, 5) is 2.28. The van der Waals surface area contributed by atoms with Gasteiger partial charge in [0.25, 0.3) is 0 Å². The lowest BCUT2D eigenvalue weighted by atomic mass is 10.0. The highest BCUT2D eigenvalue weighted by atomic mass is 16.5. The molecular formula is C20H20N2O2. The molecule has 0 aliphatic carbocycles. The molecule has 0 unspecified atom stereocenters. The average Bonchev–Trinajstić information content (AvgIpc) is 2.67. The minimum Gasteiger partial charge on any atom is -0.496 e. The maximum Gasteiger partial charge on any atom is 0.128 e. The summed E-state index contributed by atoms with van der Waals surface area (Å²) in [5, 5.41) is 9.48. The summed E-state index contributed by atoms with van der Waals surface area (Å²) in [5.41, 5.74) is 3.53. The van der Waals surface area contributed by atoms with Crippen LogP contribution in [0.1, 0.15) is 11.1 Å². The van der Waals surface area contributed by atoms with Crippen molar-refractivity contribution in [3.63, 3.8) is 0 Å². The van der Waals surface area contributed by atoms with Gasteiger partial charge in [-0.05, 0) is 23.8 Å². The lowest BCUT2D eigenvalue weighted by Gasteiger charge is -2.29. The number of anilines is 1. The minimum absolute atomic E-state index is 0.619. The van der Waals surface area contributed by atoms with E-state index in [4.69, 9.17) is 9.47 Å². The van der Waals surface area contributed by atoms with E-state index in [1.54, 1.807) is 7.11 Å². The molecule has 0 saturated carbocycles. The number of hydrogen-bond donors (Lipinski definition) is 0. The molecule has 0 bridgehead atoms. The highest BCUT2D eigenvalue weighted by Gasteiger charge is 2.13. The van der Waals surface area contributed by atoms with E-state index in [-0.39, 0.29) is 0 Å². The van der Waals surface area contributed by atoms with Gasteiger partial charge in [-0.1, -0.05) is 30.3 Å². The van der Waals surface area contributed by atoms with Crippen molar-refractivity contribution in [2.24, 2.45) is 0 Å². The van der Waals surface area contributed by atoms with Crippen LogP contribution in [0.15, 0.2) is 48.5 Å². The van der Waals surface area contributed by atoms with Crippen molar-refractivity contribution in [2.45, 2.75) is 0 Å². The number of nitriles is 1. The Hall–Kier alpha value is -2.77. The van der Waals surface area contributed by atoms with Gasteiger partial charge in [0, 0.05) is 30.4 Å². The van der Waals surface area contributed by atoms with E-state index in [0.29, 0.717) is 5.57 Å². The van der Waals surface area contributed by atoms with Crippen LogP contribution in [0, 0.1) is 11.3 Å². The Morgan fingerprint density at radius 3 is 2.58 bits per heavy atom. The van der Waals surface area contributed by atoms with Gasteiger partial charge in [-0.25, -0.2) is 0 Å². The first-order valence-electron chi connectivity index (χ1n) is 8.00. The van der Waals surface area contributed by atoms with Crippen LogP contribution < -0.4 is 9.64 Å². The average molecular weight is 320 g/mol. The standard InChI is InChI=1S/C20H20N2O2/c1-23-20-14-19(22-9-11-24-12-10-22)8-7-17(20)13-18(15-21)16-5-3-2-4-6-16/h2-8,13-14H,9-12H2,1H3/b18-13+. The first-order valence-corrected chi connectivity index (χ1v) is 8.00. The molecule has 0 aromatic heterocycles. The van der Waals surface area contributed by atoms with Gasteiger partial charge < -0.3 is 14.4 Å². The van der Waals surface area contributed by atoms with E-state index in [1.807, 2.05) is 48.5 Å². The van der Waals surface area contributed by atoms with Gasteiger partial charge in [0.05, 0.1) is 32.0 Å². The van der Waals surface area contributed by atoms with Crippen LogP contribution >= 0.6 is 0 Å². The van der Waals surface area contributed by atoms with Gasteiger partial charge in [-0.15, -0.1) is 0 Å². The van der Waals surface area contributed by atoms with Crippen molar-refractivity contribution in [2.75, 3.05) is 38.3 Å². The van der Waals surface area contributed by atoms with Crippen LogP contribution in [0.3, 0.4) is 0 Å². The highest BCUT2D eigenvalue weighted by molar-refractivity contribution is 5.90. The van der Waals surface area contributed by atoms with Crippen LogP contribution in [-0.4, -0.2) is 33.4 Å². The molecule has 0 radical (unpaired) electrons. The van der Waals surface area contributed by atoms with Gasteiger partial charge in [-0.2, -0.15) is 5.26 Å². The summed E-state index contributed by atoms with van der Waals surface area (Å²) < 4.78 is 10.9. The van der Waals surface area contributed by atoms with Gasteiger partial charge in [-0.3, -0.25) is 0 Å². The SMILES string of the molecule is COc1cc(N2CCOCC2)ccc1/C=C(\C#N)c1ccccc1. The third-order valence-corrected chi connectivity index (χ3v) is 4.10. The smallest absolute Gasteiger partial charge is 0.128 e. The number of methoxy groups -OCH3 is 1. The second-order valence-electron chi connectivity index (χ2n) is 5.56. The Balaban J connectivity index is 1.93. The van der Waals surface area contributed by atoms with E-state index in [9.17, 15) is 5.26 Å². The Labute approximate surface area is 142 Å². The second kappa shape index (κ2) is 7.67. The monoisotopic (exact) mass is 320 g/mol. The predicted molar refractivity (Wildman–Crippen MR) is 96.0 cm³/mol. The topological polar surface area (TPSA) is 45.5 Å². The molecule has 24 heavy (non-hydrogen) atoms. The molecule has 4 heteroatoms. The molecule has 3 rings (SSSR count). The molecule has 0 atom stereocenters. The normalized spacial score (nSPS) is 15.0. The summed E-state index contributed by atoms with van der Waals surface area (Å²) in [6, 6.07) is 18.0. The van der Waals surface area contributed by atoms with Gasteiger partial charge in [0.15, 0.2) is 0 Å². The Morgan fingerprint density at radius 2 is 1.92 bits per heavy atom. The zero-order valence-electron chi connectivity index (χ0n) is 13.7. The number of allylic oxidation sites excluding steroid dienone is 1. The van der Waals surface area contributed by atoms with Crippen LogP contribution in [0.4, 0.5) is 5.69 Å². The van der Waals surface area contributed by atoms with E-state index >= 15 is 0 Å². The van der Waals surface area contributed by atoms with Crippen LogP contribution in [0.2, 0.25) is 0 Å². The maximum absolute atomic E-state index is 9.48. The van der Waals surface area contributed by atoms with E-state index < -0.39 is 0 Å². The molecule has 1 aliphatic heterocycles. The fourth-order valence-corrected chi connectivity index (χ4v) is 2.79. The quantitative estimate of drug-likeness (QED) is 0.638. The molecule has 0 N–H and O–H groups in total. The summed E-state index contributed by atoms with van der Waals surface area (Å²) in [6.45, 7) is 3.25. The molecule has 0 amide bonds. The molecule has 1 heterocycles. The minimum atomic E-state index is 0.619. The summed E-state index contributed by atoms with van der Waals surface area (Å²) in [7, 11) is 1.66. The number of benzene rings is 2. The van der Waals surface area contributed by atoms with E-state index in [0.717, 1.165) is 48.9 Å². The van der Waals surface area contributed by atoms with Gasteiger partial charge in [0.2, 0.25) is 0 Å². The Morgan fingerprint density at radius 1 is 1.17 bits per heavy atom. The summed E-state index contributed by atoms with van der Waals surface area (Å²) in [5.74, 6) is 0.766. The molecule has 4 nitrogen and oxygen atoms in total. The number of morpholine rings is 1. The summed E-state index contributed by atoms with van der Waals surface area (Å²) in [6.07, 6.45) is 1.87. The number of rotatable bonds is 4. The second-order valence-corrected chi connectivity index (χ2v) is 5.56. The molecule has 122 valence electrons. The molecule has 1 saturated heterocycles. The van der Waals surface area contributed by atoms with E-state index in [1.165, 1.54) is 0 Å². The van der Waals surface area contributed by atoms with Crippen molar-refractivity contribution in [1.29, 1.82) is 5.26 Å². The van der Waals surface area contributed by atoms with Crippen molar-refractivity contribution in [3.8, 4) is 11.8 Å². The first kappa shape index (κ1) is 16.1. The largest absolute Gasteiger partial charge is 0.496 e. The third-order valence-electron chi connectivity index (χ3n) is 4.10. The molecular weight excluding hydrogens is 300 g/mol. The zero-order valence-corrected chi connectivity index (χ0v) is 13.7. The summed E-state index contributed by atoms with van der Waals surface area (Å²) >= 11 is 0. The van der Waals surface area contributed by atoms with Crippen molar-refractivity contribution >= 4 is 17.3 Å². The first-order chi connectivity index (χ1) is 11.8.